The zero-order valence-corrected chi connectivity index (χ0v) is 26.0. The summed E-state index contributed by atoms with van der Waals surface area (Å²) in [6, 6.07) is 38.8. The van der Waals surface area contributed by atoms with E-state index in [1.807, 2.05) is 103 Å². The van der Waals surface area contributed by atoms with Crippen LogP contribution >= 0.6 is 0 Å². The first-order valence-corrected chi connectivity index (χ1v) is 15.2. The molecule has 0 bridgehead atoms. The van der Waals surface area contributed by atoms with E-state index in [0.29, 0.717) is 12.2 Å². The summed E-state index contributed by atoms with van der Waals surface area (Å²) in [5.41, 5.74) is 11.4. The second kappa shape index (κ2) is 15.4. The minimum absolute atomic E-state index is 0.0733. The molecule has 8 nitrogen and oxygen atoms in total. The highest BCUT2D eigenvalue weighted by Gasteiger charge is 2.30. The summed E-state index contributed by atoms with van der Waals surface area (Å²) in [4.78, 5) is 38.6. The highest BCUT2D eigenvalue weighted by molar-refractivity contribution is 5.97. The smallest absolute Gasteiger partial charge is 0.326 e. The Hall–Kier alpha value is -5.89. The van der Waals surface area contributed by atoms with Crippen LogP contribution in [-0.2, 0) is 22.7 Å². The number of methoxy groups -OCH3 is 1. The van der Waals surface area contributed by atoms with Crippen LogP contribution in [0.25, 0.3) is 22.3 Å². The second-order valence-electron chi connectivity index (χ2n) is 11.1. The van der Waals surface area contributed by atoms with Gasteiger partial charge < -0.3 is 25.2 Å². The molecular weight excluding hydrogens is 592 g/mol. The third-order valence-corrected chi connectivity index (χ3v) is 7.84. The lowest BCUT2D eigenvalue weighted by Crippen LogP contribution is -2.45. The largest absolute Gasteiger partial charge is 0.497 e. The topological polar surface area (TPSA) is 119 Å². The van der Waals surface area contributed by atoms with Crippen molar-refractivity contribution in [1.29, 1.82) is 0 Å². The second-order valence-corrected chi connectivity index (χ2v) is 11.1. The Kier molecular flexibility index (Phi) is 10.7. The lowest BCUT2D eigenvalue weighted by Gasteiger charge is -2.29. The molecule has 47 heavy (non-hydrogen) atoms. The van der Waals surface area contributed by atoms with Crippen LogP contribution in [0.4, 0.5) is 0 Å². The van der Waals surface area contributed by atoms with Crippen molar-refractivity contribution < 1.29 is 29.0 Å². The van der Waals surface area contributed by atoms with Gasteiger partial charge in [-0.25, -0.2) is 4.79 Å². The van der Waals surface area contributed by atoms with Crippen LogP contribution in [0.5, 0.6) is 11.5 Å². The van der Waals surface area contributed by atoms with Crippen LogP contribution in [0.2, 0.25) is 0 Å². The zero-order valence-electron chi connectivity index (χ0n) is 26.0. The van der Waals surface area contributed by atoms with Crippen molar-refractivity contribution in [3.8, 4) is 33.8 Å². The predicted octanol–water partition coefficient (Wildman–Crippen LogP) is 6.97. The van der Waals surface area contributed by atoms with Gasteiger partial charge in [0.25, 0.3) is 5.91 Å². The number of rotatable bonds is 14. The summed E-state index contributed by atoms with van der Waals surface area (Å²) in [6.45, 7) is 0.480. The monoisotopic (exact) mass is 628 g/mol. The average molecular weight is 629 g/mol. The lowest BCUT2D eigenvalue weighted by molar-refractivity contribution is -0.143. The minimum atomic E-state index is -1.22. The van der Waals surface area contributed by atoms with Gasteiger partial charge in [-0.05, 0) is 82.3 Å². The van der Waals surface area contributed by atoms with Gasteiger partial charge in [0, 0.05) is 18.5 Å². The number of carboxylic acid groups (broad SMARTS) is 1. The Morgan fingerprint density at radius 1 is 0.702 bits per heavy atom. The molecule has 0 fully saturated rings. The van der Waals surface area contributed by atoms with Crippen molar-refractivity contribution >= 4 is 17.8 Å². The number of aliphatic carboxylic acids is 1. The van der Waals surface area contributed by atoms with E-state index in [9.17, 15) is 19.5 Å². The molecule has 0 aliphatic rings. The van der Waals surface area contributed by atoms with Crippen molar-refractivity contribution in [2.75, 3.05) is 7.11 Å². The van der Waals surface area contributed by atoms with Crippen LogP contribution in [-0.4, -0.2) is 40.9 Å². The number of hydrogen-bond acceptors (Lipinski definition) is 5. The van der Waals surface area contributed by atoms with Crippen molar-refractivity contribution in [3.05, 3.63) is 144 Å². The molecule has 0 saturated heterocycles. The first-order valence-electron chi connectivity index (χ1n) is 15.2. The molecule has 0 aliphatic carbocycles. The number of hydrogen-bond donors (Lipinski definition) is 2. The molecule has 5 rings (SSSR count). The fourth-order valence-electron chi connectivity index (χ4n) is 5.32. The summed E-state index contributed by atoms with van der Waals surface area (Å²) in [6.07, 6.45) is -0.229. The predicted molar refractivity (Wildman–Crippen MR) is 181 cm³/mol. The van der Waals surface area contributed by atoms with Gasteiger partial charge in [-0.3, -0.25) is 9.59 Å². The van der Waals surface area contributed by atoms with Crippen LogP contribution in [0.15, 0.2) is 127 Å². The molecular formula is C39H36N2O6. The molecule has 5 aromatic carbocycles. The molecule has 0 saturated carbocycles. The van der Waals surface area contributed by atoms with Gasteiger partial charge in [0.2, 0.25) is 5.91 Å². The molecule has 238 valence electrons. The van der Waals surface area contributed by atoms with Crippen LogP contribution in [0.1, 0.15) is 34.3 Å². The van der Waals surface area contributed by atoms with Crippen LogP contribution in [0.3, 0.4) is 0 Å². The van der Waals surface area contributed by atoms with E-state index in [2.05, 4.69) is 12.1 Å². The van der Waals surface area contributed by atoms with Gasteiger partial charge >= 0.3 is 5.97 Å². The molecule has 0 aliphatic heterocycles. The van der Waals surface area contributed by atoms with Crippen molar-refractivity contribution in [2.24, 2.45) is 5.73 Å². The number of primary amides is 1. The molecule has 8 heteroatoms. The van der Waals surface area contributed by atoms with Gasteiger partial charge in [0.15, 0.2) is 0 Å². The van der Waals surface area contributed by atoms with E-state index < -0.39 is 23.8 Å². The molecule has 0 aromatic heterocycles. The van der Waals surface area contributed by atoms with Crippen LogP contribution in [0, 0.1) is 0 Å². The maximum atomic E-state index is 13.7. The maximum Gasteiger partial charge on any atom is 0.326 e. The molecule has 3 N–H and O–H groups in total. The minimum Gasteiger partial charge on any atom is -0.497 e. The fourth-order valence-corrected chi connectivity index (χ4v) is 5.32. The Labute approximate surface area is 274 Å². The number of carbonyl (C=O) groups excluding carboxylic acids is 2. The molecule has 0 unspecified atom stereocenters. The van der Waals surface area contributed by atoms with Gasteiger partial charge in [0.1, 0.15) is 24.1 Å². The SMILES string of the molecule is COc1cccc(-c2cccc(COc3ccc(-c4ccc(C(=O)N(Cc5ccccc5)[C@@H](CCC(N)=O)C(=O)O)cc4)cc3)c2)c1. The average Bonchev–Trinajstić information content (AvgIpc) is 3.10. The number of carboxylic acids is 1. The number of amides is 2. The summed E-state index contributed by atoms with van der Waals surface area (Å²) in [5.74, 6) is -0.739. The lowest BCUT2D eigenvalue weighted by atomic mass is 10.0. The molecule has 0 radical (unpaired) electrons. The number of nitrogens with two attached hydrogens (primary N) is 1. The van der Waals surface area contributed by atoms with Crippen molar-refractivity contribution in [2.45, 2.75) is 32.0 Å². The summed E-state index contributed by atoms with van der Waals surface area (Å²) in [7, 11) is 1.65. The molecule has 1 atom stereocenters. The summed E-state index contributed by atoms with van der Waals surface area (Å²) >= 11 is 0. The number of benzene rings is 5. The number of nitrogens with zero attached hydrogens (tertiary/aromatic N) is 1. The van der Waals surface area contributed by atoms with Gasteiger partial charge in [0.05, 0.1) is 7.11 Å². The Bertz CT molecular complexity index is 1820. The van der Waals surface area contributed by atoms with E-state index in [4.69, 9.17) is 15.2 Å². The summed E-state index contributed by atoms with van der Waals surface area (Å²) in [5, 5.41) is 9.97. The van der Waals surface area contributed by atoms with Crippen molar-refractivity contribution in [1.82, 2.24) is 4.90 Å². The molecule has 0 heterocycles. The highest BCUT2D eigenvalue weighted by Crippen LogP contribution is 2.27. The van der Waals surface area contributed by atoms with E-state index in [1.165, 1.54) is 4.90 Å². The quantitative estimate of drug-likeness (QED) is 0.137. The van der Waals surface area contributed by atoms with E-state index in [0.717, 1.165) is 44.9 Å². The van der Waals surface area contributed by atoms with Gasteiger partial charge in [-0.15, -0.1) is 0 Å². The Morgan fingerprint density at radius 2 is 1.32 bits per heavy atom. The van der Waals surface area contributed by atoms with E-state index in [-0.39, 0.29) is 19.4 Å². The maximum absolute atomic E-state index is 13.7. The van der Waals surface area contributed by atoms with E-state index >= 15 is 0 Å². The van der Waals surface area contributed by atoms with Gasteiger partial charge in [-0.1, -0.05) is 84.9 Å². The third kappa shape index (κ3) is 8.64. The molecule has 0 spiro atoms. The summed E-state index contributed by atoms with van der Waals surface area (Å²) < 4.78 is 11.4. The third-order valence-electron chi connectivity index (χ3n) is 7.84. The Balaban J connectivity index is 1.26. The molecule has 2 amide bonds. The number of carbonyl (C=O) groups is 3. The fraction of sp³-hybridized carbons (Fsp3) is 0.154. The Morgan fingerprint density at radius 3 is 1.96 bits per heavy atom. The zero-order chi connectivity index (χ0) is 33.2. The first kappa shape index (κ1) is 32.5. The van der Waals surface area contributed by atoms with E-state index in [1.54, 1.807) is 19.2 Å². The van der Waals surface area contributed by atoms with Crippen LogP contribution < -0.4 is 15.2 Å². The normalized spacial score (nSPS) is 11.3. The van der Waals surface area contributed by atoms with Gasteiger partial charge in [-0.2, -0.15) is 0 Å². The molecule has 5 aromatic rings. The first-order chi connectivity index (χ1) is 22.8. The standard InChI is InChI=1S/C39H36N2O6/c1-46-35-12-6-11-33(24-35)32-10-5-9-28(23-32)26-47-34-19-17-30(18-20-34)29-13-15-31(16-14-29)38(43)41(25-27-7-3-2-4-8-27)36(39(44)45)21-22-37(40)42/h2-20,23-24,36H,21-22,25-26H2,1H3,(H2,40,42)(H,44,45)/t36-/m0/s1. The van der Waals surface area contributed by atoms with Crippen molar-refractivity contribution in [3.63, 3.8) is 0 Å². The number of ether oxygens (including phenoxy) is 2. The highest BCUT2D eigenvalue weighted by atomic mass is 16.5.